The van der Waals surface area contributed by atoms with Crippen LogP contribution in [0.4, 0.5) is 0 Å². The van der Waals surface area contributed by atoms with Crippen molar-refractivity contribution in [2.75, 3.05) is 0 Å². The number of allylic oxidation sites excluding steroid dienone is 5. The molecular formula is C21H42O. The molecule has 0 rings (SSSR count). The normalized spacial score (nSPS) is 11.1. The van der Waals surface area contributed by atoms with E-state index in [0.29, 0.717) is 10.8 Å². The highest BCUT2D eigenvalue weighted by molar-refractivity contribution is 5.14. The van der Waals surface area contributed by atoms with Crippen molar-refractivity contribution < 1.29 is 5.11 Å². The van der Waals surface area contributed by atoms with E-state index >= 15 is 0 Å². The summed E-state index contributed by atoms with van der Waals surface area (Å²) in [5.41, 5.74) is 0.925. The van der Waals surface area contributed by atoms with Gasteiger partial charge in [0, 0.05) is 0 Å². The lowest BCUT2D eigenvalue weighted by molar-refractivity contribution is 0.126. The lowest BCUT2D eigenvalue weighted by Gasteiger charge is -2.37. The molecule has 0 aliphatic carbocycles. The summed E-state index contributed by atoms with van der Waals surface area (Å²) < 4.78 is 0. The fraction of sp³-hybridized carbons (Fsp3) is 0.619. The van der Waals surface area contributed by atoms with Crippen LogP contribution in [0.25, 0.3) is 0 Å². The number of hydrogen-bond acceptors (Lipinski definition) is 1. The molecule has 0 aromatic carbocycles. The van der Waals surface area contributed by atoms with Gasteiger partial charge in [-0.1, -0.05) is 86.6 Å². The number of hydrogen-bond donors (Lipinski definition) is 1. The van der Waals surface area contributed by atoms with Gasteiger partial charge in [0.05, 0.1) is 0 Å². The molecular weight excluding hydrogens is 268 g/mol. The Balaban J connectivity index is -0.000000114. The summed E-state index contributed by atoms with van der Waals surface area (Å²) in [5, 5.41) is 8.75. The second-order valence-electron chi connectivity index (χ2n) is 6.22. The van der Waals surface area contributed by atoms with E-state index in [-0.39, 0.29) is 5.76 Å². The monoisotopic (exact) mass is 310 g/mol. The highest BCUT2D eigenvalue weighted by Gasteiger charge is 2.30. The number of rotatable bonds is 3. The van der Waals surface area contributed by atoms with E-state index in [2.05, 4.69) is 54.7 Å². The smallest absolute Gasteiger partial charge is 0.115 e. The van der Waals surface area contributed by atoms with Crippen LogP contribution in [0.5, 0.6) is 0 Å². The second-order valence-corrected chi connectivity index (χ2v) is 6.22. The third-order valence-electron chi connectivity index (χ3n) is 3.54. The Kier molecular flexibility index (Phi) is 23.4. The Labute approximate surface area is 141 Å². The molecule has 0 aliphatic rings. The van der Waals surface area contributed by atoms with Gasteiger partial charge in [-0.2, -0.15) is 0 Å². The maximum atomic E-state index is 8.75. The summed E-state index contributed by atoms with van der Waals surface area (Å²) in [6.45, 7) is 28.3. The van der Waals surface area contributed by atoms with E-state index in [0.717, 1.165) is 0 Å². The van der Waals surface area contributed by atoms with Crippen LogP contribution in [0.2, 0.25) is 0 Å². The van der Waals surface area contributed by atoms with Gasteiger partial charge in [0.1, 0.15) is 5.76 Å². The van der Waals surface area contributed by atoms with E-state index in [1.165, 1.54) is 18.6 Å². The molecule has 0 radical (unpaired) electrons. The fourth-order valence-corrected chi connectivity index (χ4v) is 0.877. The zero-order valence-corrected chi connectivity index (χ0v) is 17.0. The van der Waals surface area contributed by atoms with Crippen molar-refractivity contribution in [2.24, 2.45) is 10.8 Å². The molecule has 0 aromatic rings. The van der Waals surface area contributed by atoms with Crippen molar-refractivity contribution in [3.8, 4) is 0 Å². The van der Waals surface area contributed by atoms with Gasteiger partial charge < -0.3 is 5.11 Å². The van der Waals surface area contributed by atoms with Gasteiger partial charge >= 0.3 is 0 Å². The topological polar surface area (TPSA) is 20.2 Å². The quantitative estimate of drug-likeness (QED) is 0.319. The summed E-state index contributed by atoms with van der Waals surface area (Å²) in [6, 6.07) is 0. The zero-order valence-electron chi connectivity index (χ0n) is 17.0. The first kappa shape index (κ1) is 28.9. The Hall–Kier alpha value is -1.24. The minimum absolute atomic E-state index is 0.238. The van der Waals surface area contributed by atoms with Crippen LogP contribution < -0.4 is 0 Å². The lowest BCUT2D eigenvalue weighted by Crippen LogP contribution is -2.28. The maximum Gasteiger partial charge on any atom is 0.115 e. The van der Waals surface area contributed by atoms with Gasteiger partial charge in [0.25, 0.3) is 0 Å². The molecule has 1 N–H and O–H groups in total. The second kappa shape index (κ2) is 17.8. The van der Waals surface area contributed by atoms with Crippen LogP contribution in [0, 0.1) is 10.8 Å². The molecule has 0 spiro atoms. The first-order chi connectivity index (χ1) is 10.0. The van der Waals surface area contributed by atoms with Crippen LogP contribution in [-0.4, -0.2) is 5.11 Å². The van der Waals surface area contributed by atoms with Crippen LogP contribution in [0.3, 0.4) is 0 Å². The molecule has 0 aliphatic heterocycles. The molecule has 0 bridgehead atoms. The van der Waals surface area contributed by atoms with Crippen molar-refractivity contribution in [1.29, 1.82) is 0 Å². The average molecular weight is 311 g/mol. The molecule has 1 nitrogen and oxygen atoms in total. The minimum atomic E-state index is 0.238. The Morgan fingerprint density at radius 3 is 1.50 bits per heavy atom. The highest BCUT2D eigenvalue weighted by Crippen LogP contribution is 2.40. The highest BCUT2D eigenvalue weighted by atomic mass is 16.3. The molecule has 0 amide bonds. The maximum absolute atomic E-state index is 8.75. The lowest BCUT2D eigenvalue weighted by atomic mass is 9.68. The Morgan fingerprint density at radius 1 is 1.00 bits per heavy atom. The van der Waals surface area contributed by atoms with Gasteiger partial charge in [-0.25, -0.2) is 0 Å². The van der Waals surface area contributed by atoms with Crippen molar-refractivity contribution in [1.82, 2.24) is 0 Å². The molecule has 0 saturated heterocycles. The predicted octanol–water partition coefficient (Wildman–Crippen LogP) is 7.88. The first-order valence-electron chi connectivity index (χ1n) is 8.25. The largest absolute Gasteiger partial charge is 0.508 e. The SMILES string of the molecule is C=C/C=C(O)\C=C/C.C=CC.CC.CCC(C)(C)C(C)(C)C. The number of aliphatic hydroxyl groups excluding tert-OH is 1. The third-order valence-corrected chi connectivity index (χ3v) is 3.54. The van der Waals surface area contributed by atoms with Gasteiger partial charge in [-0.15, -0.1) is 6.58 Å². The summed E-state index contributed by atoms with van der Waals surface area (Å²) >= 11 is 0. The van der Waals surface area contributed by atoms with E-state index in [4.69, 9.17) is 5.11 Å². The molecule has 0 unspecified atom stereocenters. The van der Waals surface area contributed by atoms with E-state index < -0.39 is 0 Å². The Morgan fingerprint density at radius 2 is 1.36 bits per heavy atom. The number of aliphatic hydroxyl groups is 1. The molecule has 0 aromatic heterocycles. The van der Waals surface area contributed by atoms with E-state index in [1.54, 1.807) is 18.2 Å². The van der Waals surface area contributed by atoms with Gasteiger partial charge in [0.15, 0.2) is 0 Å². The molecule has 132 valence electrons. The summed E-state index contributed by atoms with van der Waals surface area (Å²) in [7, 11) is 0. The standard InChI is InChI=1S/C9H20.C7H10O.C3H6.C2H6/c1-7-9(5,6)8(2,3)4;1-3-5-7(8)6-4-2;1-3-2;1-2/h7H2,1-6H3;3-6,8H,1H2,2H3;3H,1H2,2H3;1-2H3/b;6-4-,7-5+;;. The van der Waals surface area contributed by atoms with Gasteiger partial charge in [-0.05, 0) is 36.8 Å². The van der Waals surface area contributed by atoms with Crippen molar-refractivity contribution in [3.63, 3.8) is 0 Å². The molecule has 0 saturated carbocycles. The molecule has 0 heterocycles. The molecule has 22 heavy (non-hydrogen) atoms. The summed E-state index contributed by atoms with van der Waals surface area (Å²) in [6.07, 6.45) is 9.43. The molecule has 0 fully saturated rings. The van der Waals surface area contributed by atoms with E-state index in [9.17, 15) is 0 Å². The Bertz CT molecular complexity index is 298. The van der Waals surface area contributed by atoms with Crippen molar-refractivity contribution in [2.45, 2.75) is 75.7 Å². The molecule has 0 atom stereocenters. The van der Waals surface area contributed by atoms with Crippen LogP contribution in [-0.2, 0) is 0 Å². The van der Waals surface area contributed by atoms with Crippen LogP contribution in [0.15, 0.2) is 49.3 Å². The van der Waals surface area contributed by atoms with Crippen LogP contribution >= 0.6 is 0 Å². The van der Waals surface area contributed by atoms with Crippen molar-refractivity contribution >= 4 is 0 Å². The molecule has 1 heteroatoms. The van der Waals surface area contributed by atoms with Crippen molar-refractivity contribution in [3.05, 3.63) is 49.3 Å². The van der Waals surface area contributed by atoms with Gasteiger partial charge in [0.2, 0.25) is 0 Å². The summed E-state index contributed by atoms with van der Waals surface area (Å²) in [4.78, 5) is 0. The van der Waals surface area contributed by atoms with Crippen LogP contribution in [0.1, 0.15) is 75.7 Å². The predicted molar refractivity (Wildman–Crippen MR) is 106 cm³/mol. The summed E-state index contributed by atoms with van der Waals surface area (Å²) in [5.74, 6) is 0.238. The average Bonchev–Trinajstić information content (AvgIpc) is 2.42. The van der Waals surface area contributed by atoms with E-state index in [1.807, 2.05) is 27.7 Å². The first-order valence-corrected chi connectivity index (χ1v) is 8.25. The third kappa shape index (κ3) is 21.1. The fourth-order valence-electron chi connectivity index (χ4n) is 0.877. The minimum Gasteiger partial charge on any atom is -0.508 e. The van der Waals surface area contributed by atoms with Gasteiger partial charge in [-0.3, -0.25) is 0 Å². The zero-order chi connectivity index (χ0) is 18.8.